The summed E-state index contributed by atoms with van der Waals surface area (Å²) in [5.41, 5.74) is 0. The van der Waals surface area contributed by atoms with Crippen molar-refractivity contribution in [3.05, 3.63) is 11.5 Å². The molecule has 0 rings (SSSR count). The summed E-state index contributed by atoms with van der Waals surface area (Å²) >= 11 is 0. The minimum atomic E-state index is -0.699. The molecule has 0 amide bonds. The van der Waals surface area contributed by atoms with Crippen LogP contribution in [-0.2, 0) is 10.8 Å². The van der Waals surface area contributed by atoms with Crippen LogP contribution in [0, 0.1) is 0 Å². The fourth-order valence-corrected chi connectivity index (χ4v) is 4.56. The van der Waals surface area contributed by atoms with Crippen LogP contribution in [0.3, 0.4) is 0 Å². The topological polar surface area (TPSA) is 17.1 Å². The Morgan fingerprint density at radius 2 is 2.27 bits per heavy atom. The van der Waals surface area contributed by atoms with E-state index in [4.69, 9.17) is 0 Å². The van der Waals surface area contributed by atoms with E-state index < -0.39 is 10.8 Å². The van der Waals surface area contributed by atoms with Crippen LogP contribution in [0.25, 0.3) is 0 Å². The predicted octanol–water partition coefficient (Wildman–Crippen LogP) is 3.02. The lowest BCUT2D eigenvalue weighted by Crippen LogP contribution is -2.05. The molecular weight excluding hydrogens is 196 g/mol. The van der Waals surface area contributed by atoms with Gasteiger partial charge in [-0.3, -0.25) is 4.21 Å². The highest BCUT2D eigenvalue weighted by Gasteiger charge is 2.09. The summed E-state index contributed by atoms with van der Waals surface area (Å²) in [5, 5.41) is 2.01. The molecule has 0 N–H and O–H groups in total. The number of hydrogen-bond acceptors (Lipinski definition) is 3. The summed E-state index contributed by atoms with van der Waals surface area (Å²) in [6, 6.07) is 0. The highest BCUT2D eigenvalue weighted by Crippen LogP contribution is 2.30. The third kappa shape index (κ3) is 5.82. The molecule has 0 saturated carbocycles. The third-order valence-electron chi connectivity index (χ3n) is 1.06. The van der Waals surface area contributed by atoms with Crippen molar-refractivity contribution in [1.82, 2.24) is 0 Å². The van der Waals surface area contributed by atoms with Gasteiger partial charge in [0.2, 0.25) is 0 Å². The largest absolute Gasteiger partial charge is 0.259 e. The minimum absolute atomic E-state index is 0.274. The zero-order valence-corrected chi connectivity index (χ0v) is 9.52. The Labute approximate surface area is 79.3 Å². The van der Waals surface area contributed by atoms with Crippen molar-refractivity contribution in [1.29, 1.82) is 0 Å². The second-order valence-corrected chi connectivity index (χ2v) is 6.24. The van der Waals surface area contributed by atoms with Gasteiger partial charge in [-0.05, 0) is 18.8 Å². The molecule has 1 nitrogen and oxygen atoms in total. The second-order valence-electron chi connectivity index (χ2n) is 2.00. The molecule has 0 heterocycles. The number of rotatable bonds is 5. The molecular formula is C7H14OS3. The Bertz CT molecular complexity index is 145. The maximum Gasteiger partial charge on any atom is 0.0902 e. The first-order chi connectivity index (χ1) is 5.22. The quantitative estimate of drug-likeness (QED) is 0.649. The summed E-state index contributed by atoms with van der Waals surface area (Å²) in [6.45, 7) is 4.05. The average Bonchev–Trinajstić information content (AvgIpc) is 1.97. The van der Waals surface area contributed by atoms with Gasteiger partial charge in [-0.2, -0.15) is 0 Å². The lowest BCUT2D eigenvalue weighted by Gasteiger charge is -2.07. The van der Waals surface area contributed by atoms with Crippen molar-refractivity contribution in [3.8, 4) is 0 Å². The van der Waals surface area contributed by atoms with Crippen LogP contribution < -0.4 is 0 Å². The first-order valence-corrected chi connectivity index (χ1v) is 7.37. The molecule has 11 heavy (non-hydrogen) atoms. The van der Waals surface area contributed by atoms with E-state index in [1.54, 1.807) is 27.8 Å². The van der Waals surface area contributed by atoms with Crippen LogP contribution in [0.5, 0.6) is 0 Å². The van der Waals surface area contributed by atoms with Gasteiger partial charge >= 0.3 is 0 Å². The molecule has 0 spiro atoms. The summed E-state index contributed by atoms with van der Waals surface area (Å²) in [7, 11) is 2.64. The van der Waals surface area contributed by atoms with Crippen molar-refractivity contribution in [2.45, 2.75) is 24.9 Å². The molecule has 0 aliphatic carbocycles. The first-order valence-electron chi connectivity index (χ1n) is 3.47. The molecule has 0 aromatic carbocycles. The lowest BCUT2D eigenvalue weighted by atomic mass is 10.6. The Morgan fingerprint density at radius 1 is 1.64 bits per heavy atom. The van der Waals surface area contributed by atoms with E-state index in [1.807, 2.05) is 18.4 Å². The van der Waals surface area contributed by atoms with E-state index >= 15 is 0 Å². The maximum absolute atomic E-state index is 11.0. The van der Waals surface area contributed by atoms with Crippen LogP contribution in [0.2, 0.25) is 0 Å². The van der Waals surface area contributed by atoms with E-state index in [1.165, 1.54) is 0 Å². The molecule has 2 unspecified atom stereocenters. The molecule has 0 saturated heterocycles. The van der Waals surface area contributed by atoms with Crippen LogP contribution in [0.4, 0.5) is 0 Å². The molecule has 66 valence electrons. The molecule has 0 aromatic rings. The lowest BCUT2D eigenvalue weighted by molar-refractivity contribution is 0.683. The van der Waals surface area contributed by atoms with Gasteiger partial charge in [-0.25, -0.2) is 0 Å². The van der Waals surface area contributed by atoms with Gasteiger partial charge in [0.05, 0.1) is 4.58 Å². The summed E-state index contributed by atoms with van der Waals surface area (Å²) in [4.78, 5) is 0. The normalized spacial score (nSPS) is 17.0. The monoisotopic (exact) mass is 210 g/mol. The maximum atomic E-state index is 11.0. The molecule has 0 aromatic heterocycles. The Kier molecular flexibility index (Phi) is 7.64. The third-order valence-corrected chi connectivity index (χ3v) is 6.00. The smallest absolute Gasteiger partial charge is 0.0902 e. The zero-order chi connectivity index (χ0) is 8.69. The Hall–Kier alpha value is 0.590. The van der Waals surface area contributed by atoms with Crippen molar-refractivity contribution >= 4 is 32.4 Å². The van der Waals surface area contributed by atoms with Gasteiger partial charge in [0.1, 0.15) is 0 Å². The predicted molar refractivity (Wildman–Crippen MR) is 58.1 cm³/mol. The molecule has 0 fully saturated rings. The average molecular weight is 210 g/mol. The van der Waals surface area contributed by atoms with Gasteiger partial charge in [-0.15, -0.1) is 0 Å². The Balaban J connectivity index is 3.61. The number of hydrogen-bond donors (Lipinski definition) is 0. The molecule has 0 aliphatic heterocycles. The van der Waals surface area contributed by atoms with E-state index in [-0.39, 0.29) is 4.58 Å². The van der Waals surface area contributed by atoms with Crippen LogP contribution >= 0.6 is 21.6 Å². The van der Waals surface area contributed by atoms with Crippen LogP contribution in [0.1, 0.15) is 20.3 Å². The van der Waals surface area contributed by atoms with Gasteiger partial charge < -0.3 is 0 Å². The summed E-state index contributed by atoms with van der Waals surface area (Å²) in [5.74, 6) is 0. The highest BCUT2D eigenvalue weighted by atomic mass is 33.1. The minimum Gasteiger partial charge on any atom is -0.259 e. The van der Waals surface area contributed by atoms with Crippen molar-refractivity contribution in [2.24, 2.45) is 0 Å². The fraction of sp³-hybridized carbons (Fsp3) is 0.714. The van der Waals surface area contributed by atoms with Gasteiger partial charge in [0.25, 0.3) is 0 Å². The van der Waals surface area contributed by atoms with Crippen LogP contribution in [-0.4, -0.2) is 15.0 Å². The first kappa shape index (κ1) is 11.6. The molecule has 4 heteroatoms. The van der Waals surface area contributed by atoms with Crippen molar-refractivity contribution in [2.75, 3.05) is 6.26 Å². The number of allylic oxidation sites excluding steroid dienone is 1. The zero-order valence-electron chi connectivity index (χ0n) is 7.07. The second kappa shape index (κ2) is 7.25. The van der Waals surface area contributed by atoms with E-state index in [0.29, 0.717) is 0 Å². The van der Waals surface area contributed by atoms with Gasteiger partial charge in [0.15, 0.2) is 0 Å². The van der Waals surface area contributed by atoms with Crippen molar-refractivity contribution in [3.63, 3.8) is 0 Å². The fourth-order valence-electron chi connectivity index (χ4n) is 0.508. The highest BCUT2D eigenvalue weighted by molar-refractivity contribution is 8.79. The molecule has 0 aliphatic rings. The SMILES string of the molecule is CC=CSSC(CC)S(C)=O. The standard InChI is InChI=1S/C7H14OS3/c1-4-6-9-10-7(5-2)11(3)8/h4,6-7H,5H2,1-3H3. The summed E-state index contributed by atoms with van der Waals surface area (Å²) in [6.07, 6.45) is 4.72. The van der Waals surface area contributed by atoms with E-state index in [9.17, 15) is 4.21 Å². The van der Waals surface area contributed by atoms with Gasteiger partial charge in [-0.1, -0.05) is 34.6 Å². The van der Waals surface area contributed by atoms with Gasteiger partial charge in [0, 0.05) is 17.1 Å². The Morgan fingerprint density at radius 3 is 2.64 bits per heavy atom. The van der Waals surface area contributed by atoms with E-state index in [0.717, 1.165) is 6.42 Å². The molecule has 2 atom stereocenters. The molecule has 0 radical (unpaired) electrons. The van der Waals surface area contributed by atoms with Crippen molar-refractivity contribution < 1.29 is 4.21 Å². The van der Waals surface area contributed by atoms with E-state index in [2.05, 4.69) is 6.92 Å². The molecule has 0 bridgehead atoms. The van der Waals surface area contributed by atoms with Crippen LogP contribution in [0.15, 0.2) is 11.5 Å². The summed E-state index contributed by atoms with van der Waals surface area (Å²) < 4.78 is 11.3.